The van der Waals surface area contributed by atoms with Gasteiger partial charge in [-0.05, 0) is 50.1 Å². The van der Waals surface area contributed by atoms with Crippen LogP contribution in [0.15, 0.2) is 41.0 Å². The number of carbonyl (C=O) groups excluding carboxylic acids is 1. The van der Waals surface area contributed by atoms with Crippen molar-refractivity contribution in [2.45, 2.75) is 20.8 Å². The highest BCUT2D eigenvalue weighted by molar-refractivity contribution is 6.01. The first kappa shape index (κ1) is 22.3. The summed E-state index contributed by atoms with van der Waals surface area (Å²) in [5.74, 6) is 1.95. The number of likely N-dealkylation sites (N-methyl/N-ethyl adjacent to an activating group) is 1. The van der Waals surface area contributed by atoms with E-state index in [1.54, 1.807) is 45.6 Å². The Kier molecular flexibility index (Phi) is 6.59. The molecule has 6 heteroatoms. The van der Waals surface area contributed by atoms with E-state index in [1.807, 2.05) is 45.0 Å². The predicted molar refractivity (Wildman–Crippen MR) is 123 cm³/mol. The molecule has 164 valence electrons. The van der Waals surface area contributed by atoms with Crippen molar-refractivity contribution in [3.8, 4) is 28.4 Å². The Labute approximate surface area is 183 Å². The molecule has 0 bridgehead atoms. The summed E-state index contributed by atoms with van der Waals surface area (Å²) < 4.78 is 22.7. The SMILES string of the molecule is CCOc1c(/C(C)=C/C(=O)N(C)C)cc2c(-c3ccc(OC)c(OC)c3)coc2c1C. The van der Waals surface area contributed by atoms with Crippen LogP contribution >= 0.6 is 0 Å². The lowest BCUT2D eigenvalue weighted by atomic mass is 9.96. The molecule has 1 aromatic heterocycles. The Bertz CT molecular complexity index is 1140. The molecule has 0 atom stereocenters. The minimum atomic E-state index is -0.0787. The number of aryl methyl sites for hydroxylation is 1. The summed E-state index contributed by atoms with van der Waals surface area (Å²) in [6.45, 7) is 6.34. The highest BCUT2D eigenvalue weighted by Gasteiger charge is 2.20. The van der Waals surface area contributed by atoms with Gasteiger partial charge in [0, 0.05) is 42.2 Å². The van der Waals surface area contributed by atoms with Crippen LogP contribution < -0.4 is 14.2 Å². The molecule has 1 heterocycles. The zero-order valence-electron chi connectivity index (χ0n) is 19.2. The van der Waals surface area contributed by atoms with Crippen molar-refractivity contribution in [3.05, 3.63) is 47.7 Å². The number of allylic oxidation sites excluding steroid dienone is 1. The van der Waals surface area contributed by atoms with E-state index in [4.69, 9.17) is 18.6 Å². The molecule has 0 saturated heterocycles. The Hall–Kier alpha value is -3.41. The molecule has 0 unspecified atom stereocenters. The zero-order chi connectivity index (χ0) is 22.7. The average molecular weight is 424 g/mol. The number of methoxy groups -OCH3 is 2. The molecule has 1 amide bonds. The maximum Gasteiger partial charge on any atom is 0.246 e. The Balaban J connectivity index is 2.24. The molecule has 3 rings (SSSR count). The van der Waals surface area contributed by atoms with Crippen LogP contribution in [0.25, 0.3) is 27.7 Å². The van der Waals surface area contributed by atoms with Gasteiger partial charge in [-0.1, -0.05) is 6.07 Å². The third kappa shape index (κ3) is 4.24. The molecule has 0 fully saturated rings. The maximum absolute atomic E-state index is 12.3. The van der Waals surface area contributed by atoms with Crippen molar-refractivity contribution in [2.24, 2.45) is 0 Å². The molecule has 6 nitrogen and oxygen atoms in total. The van der Waals surface area contributed by atoms with Crippen molar-refractivity contribution in [2.75, 3.05) is 34.9 Å². The van der Waals surface area contributed by atoms with E-state index < -0.39 is 0 Å². The van der Waals surface area contributed by atoms with Gasteiger partial charge < -0.3 is 23.5 Å². The van der Waals surface area contributed by atoms with Gasteiger partial charge >= 0.3 is 0 Å². The summed E-state index contributed by atoms with van der Waals surface area (Å²) in [6.07, 6.45) is 3.36. The maximum atomic E-state index is 12.3. The highest BCUT2D eigenvalue weighted by atomic mass is 16.5. The number of furan rings is 1. The number of rotatable bonds is 7. The highest BCUT2D eigenvalue weighted by Crippen LogP contribution is 2.42. The minimum Gasteiger partial charge on any atom is -0.493 e. The van der Waals surface area contributed by atoms with Crippen molar-refractivity contribution >= 4 is 22.4 Å². The quantitative estimate of drug-likeness (QED) is 0.482. The van der Waals surface area contributed by atoms with E-state index >= 15 is 0 Å². The normalized spacial score (nSPS) is 11.5. The fraction of sp³-hybridized carbons (Fsp3) is 0.320. The molecule has 0 aliphatic heterocycles. The third-order valence-corrected chi connectivity index (χ3v) is 5.23. The van der Waals surface area contributed by atoms with Crippen molar-refractivity contribution in [1.29, 1.82) is 0 Å². The standard InChI is InChI=1S/C25H29NO5/c1-8-30-24-16(3)25-19(13-18(24)15(2)11-23(27)26(4)5)20(14-31-25)17-9-10-21(28-6)22(12-17)29-7/h9-14H,8H2,1-7H3/b15-11+. The second kappa shape index (κ2) is 9.16. The van der Waals surface area contributed by atoms with E-state index in [1.165, 1.54) is 0 Å². The fourth-order valence-corrected chi connectivity index (χ4v) is 3.56. The van der Waals surface area contributed by atoms with Gasteiger partial charge in [-0.3, -0.25) is 4.79 Å². The van der Waals surface area contributed by atoms with Gasteiger partial charge in [0.05, 0.1) is 27.1 Å². The average Bonchev–Trinajstić information content (AvgIpc) is 3.19. The lowest BCUT2D eigenvalue weighted by Gasteiger charge is -2.15. The number of hydrogen-bond donors (Lipinski definition) is 0. The lowest BCUT2D eigenvalue weighted by Crippen LogP contribution is -2.19. The van der Waals surface area contributed by atoms with E-state index in [2.05, 4.69) is 0 Å². The Morgan fingerprint density at radius 2 is 1.84 bits per heavy atom. The molecular formula is C25H29NO5. The number of ether oxygens (including phenoxy) is 3. The van der Waals surface area contributed by atoms with Crippen LogP contribution in [0, 0.1) is 6.92 Å². The molecule has 3 aromatic rings. The number of fused-ring (bicyclic) bond motifs is 1. The van der Waals surface area contributed by atoms with Gasteiger partial charge in [-0.2, -0.15) is 0 Å². The first-order valence-electron chi connectivity index (χ1n) is 10.1. The van der Waals surface area contributed by atoms with E-state index in [-0.39, 0.29) is 5.91 Å². The Morgan fingerprint density at radius 1 is 1.13 bits per heavy atom. The summed E-state index contributed by atoms with van der Waals surface area (Å²) in [5, 5.41) is 0.938. The van der Waals surface area contributed by atoms with Gasteiger partial charge in [-0.25, -0.2) is 0 Å². The predicted octanol–water partition coefficient (Wildman–Crippen LogP) is 5.32. The van der Waals surface area contributed by atoms with Crippen LogP contribution in [-0.2, 0) is 4.79 Å². The fourth-order valence-electron chi connectivity index (χ4n) is 3.56. The first-order valence-corrected chi connectivity index (χ1v) is 10.1. The van der Waals surface area contributed by atoms with Crippen LogP contribution in [0.5, 0.6) is 17.2 Å². The van der Waals surface area contributed by atoms with Gasteiger partial charge in [0.15, 0.2) is 11.5 Å². The number of hydrogen-bond acceptors (Lipinski definition) is 5. The first-order chi connectivity index (χ1) is 14.8. The smallest absolute Gasteiger partial charge is 0.246 e. The zero-order valence-corrected chi connectivity index (χ0v) is 19.2. The molecule has 0 N–H and O–H groups in total. The monoisotopic (exact) mass is 423 g/mol. The van der Waals surface area contributed by atoms with E-state index in [0.717, 1.165) is 44.5 Å². The molecule has 31 heavy (non-hydrogen) atoms. The molecule has 0 spiro atoms. The van der Waals surface area contributed by atoms with Gasteiger partial charge in [-0.15, -0.1) is 0 Å². The van der Waals surface area contributed by atoms with Crippen molar-refractivity contribution in [3.63, 3.8) is 0 Å². The second-order valence-corrected chi connectivity index (χ2v) is 7.47. The minimum absolute atomic E-state index is 0.0787. The second-order valence-electron chi connectivity index (χ2n) is 7.47. The summed E-state index contributed by atoms with van der Waals surface area (Å²) in [5.41, 5.74) is 5.21. The summed E-state index contributed by atoms with van der Waals surface area (Å²) in [4.78, 5) is 13.8. The molecular weight excluding hydrogens is 394 g/mol. The van der Waals surface area contributed by atoms with Crippen LogP contribution in [0.1, 0.15) is 25.0 Å². The van der Waals surface area contributed by atoms with Crippen molar-refractivity contribution < 1.29 is 23.4 Å². The third-order valence-electron chi connectivity index (χ3n) is 5.23. The van der Waals surface area contributed by atoms with E-state index in [0.29, 0.717) is 18.1 Å². The van der Waals surface area contributed by atoms with Crippen LogP contribution in [0.3, 0.4) is 0 Å². The molecule has 0 aliphatic rings. The van der Waals surface area contributed by atoms with Crippen molar-refractivity contribution in [1.82, 2.24) is 4.90 Å². The number of nitrogens with zero attached hydrogens (tertiary/aromatic N) is 1. The van der Waals surface area contributed by atoms with Crippen LogP contribution in [0.4, 0.5) is 0 Å². The molecule has 0 saturated carbocycles. The summed E-state index contributed by atoms with van der Waals surface area (Å²) in [6, 6.07) is 7.79. The van der Waals surface area contributed by atoms with E-state index in [9.17, 15) is 4.79 Å². The lowest BCUT2D eigenvalue weighted by molar-refractivity contribution is -0.123. The van der Waals surface area contributed by atoms with Gasteiger partial charge in [0.1, 0.15) is 11.3 Å². The summed E-state index contributed by atoms with van der Waals surface area (Å²) >= 11 is 0. The van der Waals surface area contributed by atoms with Gasteiger partial charge in [0.25, 0.3) is 0 Å². The number of carbonyl (C=O) groups is 1. The van der Waals surface area contributed by atoms with Crippen LogP contribution in [0.2, 0.25) is 0 Å². The topological polar surface area (TPSA) is 61.1 Å². The number of benzene rings is 2. The number of amides is 1. The Morgan fingerprint density at radius 3 is 2.45 bits per heavy atom. The molecule has 0 radical (unpaired) electrons. The van der Waals surface area contributed by atoms with Crippen LogP contribution in [-0.4, -0.2) is 45.7 Å². The molecule has 0 aliphatic carbocycles. The summed E-state index contributed by atoms with van der Waals surface area (Å²) in [7, 11) is 6.69. The largest absolute Gasteiger partial charge is 0.493 e. The molecule has 2 aromatic carbocycles. The van der Waals surface area contributed by atoms with Gasteiger partial charge in [0.2, 0.25) is 5.91 Å².